The molecule has 1 heterocycles. The van der Waals surface area contributed by atoms with Gasteiger partial charge in [-0.15, -0.1) is 0 Å². The lowest BCUT2D eigenvalue weighted by Crippen LogP contribution is -2.57. The third-order valence-electron chi connectivity index (χ3n) is 4.44. The maximum atomic E-state index is 9.70. The standard InChI is InChI=1S/C17H27NO/c1-3-10-17(11-4-2)13-18(14-17)16(12-19)15-8-6-5-7-9-15/h5-9,16,19H,3-4,10-14H2,1-2H3/t16-/m1/s1. The quantitative estimate of drug-likeness (QED) is 0.810. The zero-order valence-corrected chi connectivity index (χ0v) is 12.3. The van der Waals surface area contributed by atoms with Crippen LogP contribution >= 0.6 is 0 Å². The average molecular weight is 261 g/mol. The lowest BCUT2D eigenvalue weighted by atomic mass is 9.71. The van der Waals surface area contributed by atoms with Crippen LogP contribution in [0.3, 0.4) is 0 Å². The zero-order chi connectivity index (χ0) is 13.7. The van der Waals surface area contributed by atoms with Gasteiger partial charge in [0.15, 0.2) is 0 Å². The Morgan fingerprint density at radius 3 is 2.16 bits per heavy atom. The van der Waals surface area contributed by atoms with Crippen molar-refractivity contribution in [3.8, 4) is 0 Å². The zero-order valence-electron chi connectivity index (χ0n) is 12.3. The van der Waals surface area contributed by atoms with Crippen molar-refractivity contribution in [1.82, 2.24) is 4.90 Å². The van der Waals surface area contributed by atoms with Gasteiger partial charge in [-0.25, -0.2) is 0 Å². The lowest BCUT2D eigenvalue weighted by Gasteiger charge is -2.53. The van der Waals surface area contributed by atoms with Crippen LogP contribution in [0.2, 0.25) is 0 Å². The summed E-state index contributed by atoms with van der Waals surface area (Å²) >= 11 is 0. The van der Waals surface area contributed by atoms with E-state index >= 15 is 0 Å². The number of aliphatic hydroxyl groups excluding tert-OH is 1. The van der Waals surface area contributed by atoms with Crippen molar-refractivity contribution < 1.29 is 5.11 Å². The summed E-state index contributed by atoms with van der Waals surface area (Å²) in [6.45, 7) is 7.07. The van der Waals surface area contributed by atoms with E-state index in [-0.39, 0.29) is 12.6 Å². The summed E-state index contributed by atoms with van der Waals surface area (Å²) in [5.41, 5.74) is 1.76. The molecule has 2 heteroatoms. The van der Waals surface area contributed by atoms with Crippen molar-refractivity contribution in [2.75, 3.05) is 19.7 Å². The van der Waals surface area contributed by atoms with Crippen LogP contribution in [0.1, 0.15) is 51.1 Å². The van der Waals surface area contributed by atoms with Crippen LogP contribution in [0.25, 0.3) is 0 Å². The maximum absolute atomic E-state index is 9.70. The molecule has 0 unspecified atom stereocenters. The highest BCUT2D eigenvalue weighted by Gasteiger charge is 2.43. The fraction of sp³-hybridized carbons (Fsp3) is 0.647. The van der Waals surface area contributed by atoms with E-state index in [1.54, 1.807) is 0 Å². The summed E-state index contributed by atoms with van der Waals surface area (Å²) < 4.78 is 0. The van der Waals surface area contributed by atoms with Gasteiger partial charge in [-0.1, -0.05) is 57.0 Å². The molecule has 0 aromatic heterocycles. The topological polar surface area (TPSA) is 23.5 Å². The third kappa shape index (κ3) is 3.18. The van der Waals surface area contributed by atoms with Gasteiger partial charge in [-0.05, 0) is 23.8 Å². The fourth-order valence-electron chi connectivity index (χ4n) is 3.64. The molecule has 0 amide bonds. The van der Waals surface area contributed by atoms with Gasteiger partial charge in [0, 0.05) is 13.1 Å². The van der Waals surface area contributed by atoms with Gasteiger partial charge in [-0.2, -0.15) is 0 Å². The predicted octanol–water partition coefficient (Wildman–Crippen LogP) is 3.62. The molecule has 0 aliphatic carbocycles. The molecule has 1 aliphatic heterocycles. The van der Waals surface area contributed by atoms with Crippen molar-refractivity contribution in [2.45, 2.75) is 45.6 Å². The highest BCUT2D eigenvalue weighted by molar-refractivity contribution is 5.20. The molecule has 1 atom stereocenters. The summed E-state index contributed by atoms with van der Waals surface area (Å²) in [5, 5.41) is 9.70. The molecule has 19 heavy (non-hydrogen) atoms. The second-order valence-corrected chi connectivity index (χ2v) is 6.01. The summed E-state index contributed by atoms with van der Waals surface area (Å²) in [4.78, 5) is 2.45. The highest BCUT2D eigenvalue weighted by Crippen LogP contribution is 2.43. The Morgan fingerprint density at radius 2 is 1.68 bits per heavy atom. The monoisotopic (exact) mass is 261 g/mol. The molecule has 2 nitrogen and oxygen atoms in total. The summed E-state index contributed by atoms with van der Waals surface area (Å²) in [5.74, 6) is 0. The van der Waals surface area contributed by atoms with Crippen LogP contribution in [0.5, 0.6) is 0 Å². The van der Waals surface area contributed by atoms with Crippen LogP contribution in [-0.4, -0.2) is 29.7 Å². The number of likely N-dealkylation sites (tertiary alicyclic amines) is 1. The molecule has 106 valence electrons. The Kier molecular flexibility index (Phi) is 5.00. The predicted molar refractivity (Wildman–Crippen MR) is 80.1 cm³/mol. The Morgan fingerprint density at radius 1 is 1.11 bits per heavy atom. The highest BCUT2D eigenvalue weighted by atomic mass is 16.3. The number of benzene rings is 1. The normalized spacial score (nSPS) is 19.9. The smallest absolute Gasteiger partial charge is 0.0628 e. The number of nitrogens with zero attached hydrogens (tertiary/aromatic N) is 1. The van der Waals surface area contributed by atoms with E-state index in [9.17, 15) is 5.11 Å². The molecule has 0 saturated carbocycles. The van der Waals surface area contributed by atoms with E-state index in [0.717, 1.165) is 13.1 Å². The van der Waals surface area contributed by atoms with Crippen molar-refractivity contribution in [2.24, 2.45) is 5.41 Å². The number of hydrogen-bond acceptors (Lipinski definition) is 2. The fourth-order valence-corrected chi connectivity index (χ4v) is 3.64. The van der Waals surface area contributed by atoms with E-state index < -0.39 is 0 Å². The van der Waals surface area contributed by atoms with Gasteiger partial charge < -0.3 is 5.11 Å². The molecule has 1 aliphatic rings. The van der Waals surface area contributed by atoms with E-state index in [4.69, 9.17) is 0 Å². The molecule has 0 bridgehead atoms. The first-order valence-corrected chi connectivity index (χ1v) is 7.64. The second kappa shape index (κ2) is 6.53. The first kappa shape index (κ1) is 14.5. The molecule has 1 saturated heterocycles. The number of aliphatic hydroxyl groups is 1. The minimum atomic E-state index is 0.183. The van der Waals surface area contributed by atoms with Gasteiger partial charge in [0.2, 0.25) is 0 Å². The summed E-state index contributed by atoms with van der Waals surface area (Å²) in [6, 6.07) is 10.6. The molecule has 0 radical (unpaired) electrons. The van der Waals surface area contributed by atoms with Crippen molar-refractivity contribution in [3.05, 3.63) is 35.9 Å². The molecule has 0 spiro atoms. The average Bonchev–Trinajstić information content (AvgIpc) is 2.39. The van der Waals surface area contributed by atoms with E-state index in [2.05, 4.69) is 43.0 Å². The summed E-state index contributed by atoms with van der Waals surface area (Å²) in [6.07, 6.45) is 5.18. The molecular weight excluding hydrogens is 234 g/mol. The first-order chi connectivity index (χ1) is 9.24. The van der Waals surface area contributed by atoms with Gasteiger partial charge in [0.1, 0.15) is 0 Å². The largest absolute Gasteiger partial charge is 0.394 e. The Hall–Kier alpha value is -0.860. The van der Waals surface area contributed by atoms with Gasteiger partial charge >= 0.3 is 0 Å². The van der Waals surface area contributed by atoms with E-state index in [1.165, 1.54) is 31.2 Å². The first-order valence-electron chi connectivity index (χ1n) is 7.64. The third-order valence-corrected chi connectivity index (χ3v) is 4.44. The Labute approximate surface area is 117 Å². The van der Waals surface area contributed by atoms with Crippen LogP contribution in [-0.2, 0) is 0 Å². The SMILES string of the molecule is CCCC1(CCC)CN([C@H](CO)c2ccccc2)C1. The van der Waals surface area contributed by atoms with Crippen molar-refractivity contribution in [3.63, 3.8) is 0 Å². The Bertz CT molecular complexity index is 362. The van der Waals surface area contributed by atoms with E-state index in [0.29, 0.717) is 5.41 Å². The minimum absolute atomic E-state index is 0.183. The maximum Gasteiger partial charge on any atom is 0.0628 e. The van der Waals surface area contributed by atoms with E-state index in [1.807, 2.05) is 6.07 Å². The van der Waals surface area contributed by atoms with Gasteiger partial charge in [0.25, 0.3) is 0 Å². The molecule has 2 rings (SSSR count). The molecular formula is C17H27NO. The van der Waals surface area contributed by atoms with Crippen molar-refractivity contribution >= 4 is 0 Å². The molecule has 1 N–H and O–H groups in total. The molecule has 1 aromatic rings. The second-order valence-electron chi connectivity index (χ2n) is 6.01. The molecule has 1 aromatic carbocycles. The number of hydrogen-bond donors (Lipinski definition) is 1. The van der Waals surface area contributed by atoms with Crippen LogP contribution < -0.4 is 0 Å². The van der Waals surface area contributed by atoms with Gasteiger partial charge in [0.05, 0.1) is 12.6 Å². The van der Waals surface area contributed by atoms with Crippen LogP contribution in [0.15, 0.2) is 30.3 Å². The van der Waals surface area contributed by atoms with Gasteiger partial charge in [-0.3, -0.25) is 4.90 Å². The van der Waals surface area contributed by atoms with Crippen LogP contribution in [0, 0.1) is 5.41 Å². The van der Waals surface area contributed by atoms with Crippen molar-refractivity contribution in [1.29, 1.82) is 0 Å². The van der Waals surface area contributed by atoms with Crippen LogP contribution in [0.4, 0.5) is 0 Å². The Balaban J connectivity index is 2.00. The number of rotatable bonds is 7. The molecule has 1 fully saturated rings. The minimum Gasteiger partial charge on any atom is -0.394 e. The lowest BCUT2D eigenvalue weighted by molar-refractivity contribution is -0.0581. The summed E-state index contributed by atoms with van der Waals surface area (Å²) in [7, 11) is 0.